The second-order valence-electron chi connectivity index (χ2n) is 2.46. The summed E-state index contributed by atoms with van der Waals surface area (Å²) in [5.74, 6) is 0. The van der Waals surface area contributed by atoms with Crippen LogP contribution in [0.1, 0.15) is 5.56 Å². The second-order valence-corrected chi connectivity index (χ2v) is 2.46. The molecule has 1 heteroatoms. The maximum absolute atomic E-state index is 2.16. The Morgan fingerprint density at radius 3 is 2.64 bits per heavy atom. The standard InChI is InChI=1S/C10H13N/c1-11-9-5-8-10-6-3-2-4-7-10/h2-8,11H,9H2,1H3/p+1/b8-5-. The van der Waals surface area contributed by atoms with Crippen molar-refractivity contribution < 1.29 is 5.32 Å². The van der Waals surface area contributed by atoms with Crippen molar-refractivity contribution in [3.8, 4) is 0 Å². The Hall–Kier alpha value is -1.08. The summed E-state index contributed by atoms with van der Waals surface area (Å²) in [6.45, 7) is 1.05. The zero-order chi connectivity index (χ0) is 7.94. The van der Waals surface area contributed by atoms with Gasteiger partial charge in [-0.25, -0.2) is 0 Å². The van der Waals surface area contributed by atoms with Crippen molar-refractivity contribution in [3.05, 3.63) is 42.0 Å². The SMILES string of the molecule is C[NH2+]C/C=C\c1ccccc1. The number of rotatable bonds is 3. The maximum Gasteiger partial charge on any atom is 0.0943 e. The third-order valence-corrected chi connectivity index (χ3v) is 1.48. The molecule has 1 aromatic rings. The molecule has 0 bridgehead atoms. The van der Waals surface area contributed by atoms with Crippen LogP contribution in [0.25, 0.3) is 6.08 Å². The molecule has 0 amide bonds. The van der Waals surface area contributed by atoms with E-state index in [-0.39, 0.29) is 0 Å². The molecule has 11 heavy (non-hydrogen) atoms. The summed E-state index contributed by atoms with van der Waals surface area (Å²) in [5, 5.41) is 2.14. The molecule has 0 saturated heterocycles. The lowest BCUT2D eigenvalue weighted by atomic mass is 10.2. The van der Waals surface area contributed by atoms with Crippen molar-refractivity contribution in [2.75, 3.05) is 13.6 Å². The van der Waals surface area contributed by atoms with Crippen molar-refractivity contribution >= 4 is 6.08 Å². The van der Waals surface area contributed by atoms with E-state index in [4.69, 9.17) is 0 Å². The summed E-state index contributed by atoms with van der Waals surface area (Å²) in [6, 6.07) is 10.3. The van der Waals surface area contributed by atoms with Gasteiger partial charge in [-0.05, 0) is 11.6 Å². The van der Waals surface area contributed by atoms with E-state index in [2.05, 4.69) is 48.8 Å². The maximum atomic E-state index is 2.16. The van der Waals surface area contributed by atoms with Crippen LogP contribution < -0.4 is 5.32 Å². The number of benzene rings is 1. The van der Waals surface area contributed by atoms with E-state index in [1.165, 1.54) is 5.56 Å². The second kappa shape index (κ2) is 4.69. The molecule has 1 aromatic carbocycles. The summed E-state index contributed by atoms with van der Waals surface area (Å²) < 4.78 is 0. The lowest BCUT2D eigenvalue weighted by molar-refractivity contribution is -0.617. The molecule has 0 aliphatic heterocycles. The molecule has 1 rings (SSSR count). The van der Waals surface area contributed by atoms with Gasteiger partial charge in [0.25, 0.3) is 0 Å². The van der Waals surface area contributed by atoms with Crippen LogP contribution in [0.4, 0.5) is 0 Å². The molecular formula is C10H14N+. The highest BCUT2D eigenvalue weighted by molar-refractivity contribution is 5.48. The lowest BCUT2D eigenvalue weighted by Crippen LogP contribution is -2.79. The van der Waals surface area contributed by atoms with E-state index >= 15 is 0 Å². The van der Waals surface area contributed by atoms with Gasteiger partial charge in [-0.15, -0.1) is 0 Å². The third kappa shape index (κ3) is 3.01. The van der Waals surface area contributed by atoms with Crippen LogP contribution in [0.3, 0.4) is 0 Å². The fraction of sp³-hybridized carbons (Fsp3) is 0.200. The first kappa shape index (κ1) is 8.02. The monoisotopic (exact) mass is 148 g/mol. The number of quaternary nitrogens is 1. The van der Waals surface area contributed by atoms with Crippen molar-refractivity contribution in [2.45, 2.75) is 0 Å². The van der Waals surface area contributed by atoms with E-state index in [1.54, 1.807) is 0 Å². The first-order valence-electron chi connectivity index (χ1n) is 3.93. The molecular weight excluding hydrogens is 134 g/mol. The van der Waals surface area contributed by atoms with Gasteiger partial charge in [-0.3, -0.25) is 0 Å². The number of likely N-dealkylation sites (N-methyl/N-ethyl adjacent to an activating group) is 1. The van der Waals surface area contributed by atoms with Gasteiger partial charge in [0.2, 0.25) is 0 Å². The van der Waals surface area contributed by atoms with Gasteiger partial charge < -0.3 is 5.32 Å². The predicted molar refractivity (Wildman–Crippen MR) is 48.2 cm³/mol. The molecule has 0 spiro atoms. The van der Waals surface area contributed by atoms with Crippen LogP contribution in [0, 0.1) is 0 Å². The normalized spacial score (nSPS) is 10.6. The Balaban J connectivity index is 2.50. The van der Waals surface area contributed by atoms with E-state index in [0.717, 1.165) is 6.54 Å². The molecule has 0 fully saturated rings. The van der Waals surface area contributed by atoms with Gasteiger partial charge in [-0.1, -0.05) is 36.4 Å². The van der Waals surface area contributed by atoms with Gasteiger partial charge in [-0.2, -0.15) is 0 Å². The number of hydrogen-bond donors (Lipinski definition) is 1. The Labute approximate surface area is 67.8 Å². The first-order chi connectivity index (χ1) is 5.43. The van der Waals surface area contributed by atoms with Crippen LogP contribution in [-0.4, -0.2) is 13.6 Å². The van der Waals surface area contributed by atoms with E-state index < -0.39 is 0 Å². The summed E-state index contributed by atoms with van der Waals surface area (Å²) in [5.41, 5.74) is 1.27. The highest BCUT2D eigenvalue weighted by Gasteiger charge is 1.81. The van der Waals surface area contributed by atoms with Crippen molar-refractivity contribution in [2.24, 2.45) is 0 Å². The van der Waals surface area contributed by atoms with Crippen LogP contribution in [0.5, 0.6) is 0 Å². The Morgan fingerprint density at radius 2 is 2.00 bits per heavy atom. The largest absolute Gasteiger partial charge is 0.345 e. The lowest BCUT2D eigenvalue weighted by Gasteiger charge is -1.89. The zero-order valence-corrected chi connectivity index (χ0v) is 6.83. The number of nitrogens with two attached hydrogens (primary N) is 1. The molecule has 2 N–H and O–H groups in total. The molecule has 0 atom stereocenters. The first-order valence-corrected chi connectivity index (χ1v) is 3.93. The molecule has 0 saturated carbocycles. The highest BCUT2D eigenvalue weighted by atomic mass is 14.8. The predicted octanol–water partition coefficient (Wildman–Crippen LogP) is 0.893. The molecule has 0 radical (unpaired) electrons. The van der Waals surface area contributed by atoms with E-state index in [0.29, 0.717) is 0 Å². The fourth-order valence-corrected chi connectivity index (χ4v) is 0.904. The third-order valence-electron chi connectivity index (χ3n) is 1.48. The molecule has 0 aliphatic carbocycles. The molecule has 1 nitrogen and oxygen atoms in total. The van der Waals surface area contributed by atoms with Gasteiger partial charge >= 0.3 is 0 Å². The summed E-state index contributed by atoms with van der Waals surface area (Å²) in [4.78, 5) is 0. The number of hydrogen-bond acceptors (Lipinski definition) is 0. The van der Waals surface area contributed by atoms with Crippen LogP contribution >= 0.6 is 0 Å². The van der Waals surface area contributed by atoms with E-state index in [1.807, 2.05) is 6.07 Å². The highest BCUT2D eigenvalue weighted by Crippen LogP contribution is 1.99. The van der Waals surface area contributed by atoms with E-state index in [9.17, 15) is 0 Å². The summed E-state index contributed by atoms with van der Waals surface area (Å²) in [6.07, 6.45) is 4.30. The van der Waals surface area contributed by atoms with Crippen LogP contribution in [-0.2, 0) is 0 Å². The van der Waals surface area contributed by atoms with Crippen molar-refractivity contribution in [1.82, 2.24) is 0 Å². The Kier molecular flexibility index (Phi) is 3.42. The van der Waals surface area contributed by atoms with Crippen molar-refractivity contribution in [1.29, 1.82) is 0 Å². The molecule has 0 heterocycles. The van der Waals surface area contributed by atoms with Gasteiger partial charge in [0.1, 0.15) is 0 Å². The summed E-state index contributed by atoms with van der Waals surface area (Å²) in [7, 11) is 2.06. The molecule has 0 unspecified atom stereocenters. The minimum Gasteiger partial charge on any atom is -0.345 e. The smallest absolute Gasteiger partial charge is 0.0943 e. The van der Waals surface area contributed by atoms with Crippen LogP contribution in [0.2, 0.25) is 0 Å². The quantitative estimate of drug-likeness (QED) is 0.655. The summed E-state index contributed by atoms with van der Waals surface area (Å²) >= 11 is 0. The average Bonchev–Trinajstić information content (AvgIpc) is 2.07. The Morgan fingerprint density at radius 1 is 1.27 bits per heavy atom. The minimum atomic E-state index is 1.05. The van der Waals surface area contributed by atoms with Crippen molar-refractivity contribution in [3.63, 3.8) is 0 Å². The molecule has 0 aliphatic rings. The van der Waals surface area contributed by atoms with Gasteiger partial charge in [0, 0.05) is 0 Å². The zero-order valence-electron chi connectivity index (χ0n) is 6.83. The minimum absolute atomic E-state index is 1.05. The van der Waals surface area contributed by atoms with Gasteiger partial charge in [0.15, 0.2) is 0 Å². The average molecular weight is 148 g/mol. The Bertz CT molecular complexity index is 214. The van der Waals surface area contributed by atoms with Gasteiger partial charge in [0.05, 0.1) is 13.6 Å². The fourth-order valence-electron chi connectivity index (χ4n) is 0.904. The molecule has 0 aromatic heterocycles. The van der Waals surface area contributed by atoms with Crippen LogP contribution in [0.15, 0.2) is 36.4 Å². The topological polar surface area (TPSA) is 16.6 Å². The molecule has 58 valence electrons.